The third kappa shape index (κ3) is 4.23. The van der Waals surface area contributed by atoms with Crippen molar-refractivity contribution in [1.29, 1.82) is 0 Å². The summed E-state index contributed by atoms with van der Waals surface area (Å²) < 4.78 is 96.5. The first-order valence-corrected chi connectivity index (χ1v) is 10.7. The monoisotopic (exact) mass is 410 g/mol. The number of hydrogen-bond donors (Lipinski definition) is 0. The van der Waals surface area contributed by atoms with E-state index in [1.165, 1.54) is 0 Å². The van der Waals surface area contributed by atoms with E-state index in [1.54, 1.807) is 0 Å². The van der Waals surface area contributed by atoms with Crippen LogP contribution in [0.25, 0.3) is 0 Å². The van der Waals surface area contributed by atoms with Crippen LogP contribution in [0.15, 0.2) is 0 Å². The Kier molecular flexibility index (Phi) is 4.68. The lowest BCUT2D eigenvalue weighted by Gasteiger charge is -2.40. The molecule has 3 saturated heterocycles. The van der Waals surface area contributed by atoms with Crippen LogP contribution in [0.1, 0.15) is 12.8 Å². The maximum absolute atomic E-state index is 11.9. The second kappa shape index (κ2) is 6.10. The second-order valence-electron chi connectivity index (χ2n) is 5.49. The average molecular weight is 410 g/mol. The lowest BCUT2D eigenvalue weighted by atomic mass is 9.88. The molecule has 0 bridgehead atoms. The normalized spacial score (nSPS) is 39.2. The standard InChI is InChI=1S/C9H14O12S3/c10-22(11)16-2-1-9(6-19-22)3-8(20-24(14,15)21-9)7-4-17-23(12,13)18-5-7/h7-8H,1-6H2. The van der Waals surface area contributed by atoms with Crippen LogP contribution < -0.4 is 0 Å². The highest BCUT2D eigenvalue weighted by Crippen LogP contribution is 2.38. The third-order valence-electron chi connectivity index (χ3n) is 3.72. The van der Waals surface area contributed by atoms with Gasteiger partial charge >= 0.3 is 31.2 Å². The Morgan fingerprint density at radius 2 is 1.42 bits per heavy atom. The fourth-order valence-corrected chi connectivity index (χ4v) is 5.21. The Morgan fingerprint density at radius 3 is 2.08 bits per heavy atom. The van der Waals surface area contributed by atoms with Crippen LogP contribution in [0.5, 0.6) is 0 Å². The van der Waals surface area contributed by atoms with Crippen molar-refractivity contribution in [2.24, 2.45) is 5.92 Å². The van der Waals surface area contributed by atoms with E-state index >= 15 is 0 Å². The molecule has 15 heteroatoms. The van der Waals surface area contributed by atoms with Crippen LogP contribution in [-0.4, -0.2) is 63.4 Å². The summed E-state index contributed by atoms with van der Waals surface area (Å²) in [6, 6.07) is 0. The van der Waals surface area contributed by atoms with E-state index in [0.717, 1.165) is 0 Å². The van der Waals surface area contributed by atoms with Crippen molar-refractivity contribution in [3.63, 3.8) is 0 Å². The van der Waals surface area contributed by atoms with Crippen molar-refractivity contribution in [2.45, 2.75) is 24.5 Å². The average Bonchev–Trinajstić information content (AvgIpc) is 2.56. The Balaban J connectivity index is 1.80. The molecule has 0 aromatic heterocycles. The minimum absolute atomic E-state index is 0.0808. The Hall–Kier alpha value is -0.390. The minimum Gasteiger partial charge on any atom is -0.248 e. The van der Waals surface area contributed by atoms with Gasteiger partial charge in [-0.15, -0.1) is 0 Å². The molecule has 0 aliphatic carbocycles. The lowest BCUT2D eigenvalue weighted by Crippen LogP contribution is -2.52. The summed E-state index contributed by atoms with van der Waals surface area (Å²) in [7, 11) is -12.8. The van der Waals surface area contributed by atoms with Gasteiger partial charge in [-0.05, 0) is 0 Å². The first-order chi connectivity index (χ1) is 11.0. The highest BCUT2D eigenvalue weighted by Gasteiger charge is 2.51. The molecule has 3 fully saturated rings. The first kappa shape index (κ1) is 18.4. The highest BCUT2D eigenvalue weighted by atomic mass is 32.3. The van der Waals surface area contributed by atoms with Crippen molar-refractivity contribution >= 4 is 31.2 Å². The van der Waals surface area contributed by atoms with Gasteiger partial charge in [0.2, 0.25) is 0 Å². The molecule has 1 spiro atoms. The maximum atomic E-state index is 11.9. The molecule has 0 aromatic rings. The molecule has 3 aliphatic rings. The fourth-order valence-electron chi connectivity index (χ4n) is 2.55. The van der Waals surface area contributed by atoms with E-state index in [2.05, 4.69) is 16.7 Å². The SMILES string of the molecule is O=S1(=O)OCC(C2CC3(CCOS(=O)(=O)OC3)OS(=O)(=O)O2)CO1. The topological polar surface area (TPSA) is 158 Å². The molecule has 3 rings (SSSR count). The molecule has 0 aromatic carbocycles. The van der Waals surface area contributed by atoms with Crippen LogP contribution in [0.3, 0.4) is 0 Å². The zero-order valence-corrected chi connectivity index (χ0v) is 14.5. The van der Waals surface area contributed by atoms with Gasteiger partial charge in [-0.3, -0.25) is 0 Å². The Morgan fingerprint density at radius 1 is 0.792 bits per heavy atom. The molecule has 2 atom stereocenters. The van der Waals surface area contributed by atoms with Crippen LogP contribution >= 0.6 is 0 Å². The minimum atomic E-state index is -4.46. The summed E-state index contributed by atoms with van der Waals surface area (Å²) in [5.74, 6) is -0.718. The highest BCUT2D eigenvalue weighted by molar-refractivity contribution is 7.82. The van der Waals surface area contributed by atoms with Crippen molar-refractivity contribution in [1.82, 2.24) is 0 Å². The van der Waals surface area contributed by atoms with Crippen LogP contribution in [-0.2, 0) is 56.3 Å². The zero-order valence-electron chi connectivity index (χ0n) is 12.0. The van der Waals surface area contributed by atoms with Gasteiger partial charge in [0, 0.05) is 18.8 Å². The summed E-state index contributed by atoms with van der Waals surface area (Å²) in [5, 5.41) is 0. The molecular weight excluding hydrogens is 396 g/mol. The fraction of sp³-hybridized carbons (Fsp3) is 1.00. The van der Waals surface area contributed by atoms with Crippen LogP contribution in [0, 0.1) is 5.92 Å². The number of rotatable bonds is 1. The molecule has 0 N–H and O–H groups in total. The van der Waals surface area contributed by atoms with Crippen molar-refractivity contribution in [2.75, 3.05) is 26.4 Å². The molecular formula is C9H14O12S3. The molecule has 0 saturated carbocycles. The van der Waals surface area contributed by atoms with E-state index in [0.29, 0.717) is 0 Å². The molecule has 3 heterocycles. The molecule has 140 valence electrons. The summed E-state index contributed by atoms with van der Waals surface area (Å²) >= 11 is 0. The van der Waals surface area contributed by atoms with Gasteiger partial charge in [0.1, 0.15) is 5.60 Å². The van der Waals surface area contributed by atoms with Gasteiger partial charge in [-0.25, -0.2) is 25.1 Å². The van der Waals surface area contributed by atoms with Gasteiger partial charge < -0.3 is 0 Å². The van der Waals surface area contributed by atoms with E-state index < -0.39 is 55.4 Å². The van der Waals surface area contributed by atoms with Gasteiger partial charge in [0.25, 0.3) is 0 Å². The molecule has 24 heavy (non-hydrogen) atoms. The molecule has 2 unspecified atom stereocenters. The van der Waals surface area contributed by atoms with E-state index in [1.807, 2.05) is 0 Å². The van der Waals surface area contributed by atoms with Crippen molar-refractivity contribution in [3.8, 4) is 0 Å². The Bertz CT molecular complexity index is 785. The summed E-state index contributed by atoms with van der Waals surface area (Å²) in [6.07, 6.45) is -1.20. The largest absolute Gasteiger partial charge is 0.400 e. The van der Waals surface area contributed by atoms with Gasteiger partial charge in [0.15, 0.2) is 0 Å². The molecule has 0 radical (unpaired) electrons. The third-order valence-corrected chi connectivity index (χ3v) is 6.48. The molecule has 12 nitrogen and oxygen atoms in total. The van der Waals surface area contributed by atoms with Crippen molar-refractivity contribution < 1.29 is 50.4 Å². The predicted molar refractivity (Wildman–Crippen MR) is 72.0 cm³/mol. The summed E-state index contributed by atoms with van der Waals surface area (Å²) in [4.78, 5) is 0. The van der Waals surface area contributed by atoms with Crippen LogP contribution in [0.4, 0.5) is 0 Å². The van der Waals surface area contributed by atoms with E-state index in [4.69, 9.17) is 8.37 Å². The zero-order chi connectivity index (χ0) is 17.6. The van der Waals surface area contributed by atoms with Gasteiger partial charge in [0.05, 0.1) is 32.5 Å². The summed E-state index contributed by atoms with van der Waals surface area (Å²) in [6.45, 7) is -1.60. The van der Waals surface area contributed by atoms with Gasteiger partial charge in [-0.2, -0.15) is 25.3 Å². The quantitative estimate of drug-likeness (QED) is 0.486. The predicted octanol–water partition coefficient (Wildman–Crippen LogP) is -1.63. The molecule has 0 amide bonds. The lowest BCUT2D eigenvalue weighted by molar-refractivity contribution is -0.0885. The Labute approximate surface area is 138 Å². The maximum Gasteiger partial charge on any atom is 0.400 e. The molecule has 3 aliphatic heterocycles. The van der Waals surface area contributed by atoms with Gasteiger partial charge in [-0.1, -0.05) is 0 Å². The second-order valence-corrected chi connectivity index (χ2v) is 9.24. The smallest absolute Gasteiger partial charge is 0.248 e. The first-order valence-electron chi connectivity index (χ1n) is 6.71. The van der Waals surface area contributed by atoms with E-state index in [9.17, 15) is 25.3 Å². The number of hydrogen-bond acceptors (Lipinski definition) is 12. The summed E-state index contributed by atoms with van der Waals surface area (Å²) in [5.41, 5.74) is -1.51. The van der Waals surface area contributed by atoms with Crippen LogP contribution in [0.2, 0.25) is 0 Å². The van der Waals surface area contributed by atoms with E-state index in [-0.39, 0.29) is 32.7 Å². The van der Waals surface area contributed by atoms with Crippen molar-refractivity contribution in [3.05, 3.63) is 0 Å².